The Hall–Kier alpha value is -1.69. The first kappa shape index (κ1) is 13.4. The van der Waals surface area contributed by atoms with Crippen LogP contribution in [0.1, 0.15) is 25.0 Å². The summed E-state index contributed by atoms with van der Waals surface area (Å²) in [4.78, 5) is 10.2. The predicted octanol–water partition coefficient (Wildman–Crippen LogP) is 0.359. The van der Waals surface area contributed by atoms with Crippen LogP contribution in [0.25, 0.3) is 0 Å². The molecule has 6 nitrogen and oxygen atoms in total. The number of aliphatic hydroxyl groups excluding tert-OH is 1. The van der Waals surface area contributed by atoms with Crippen LogP contribution in [0.3, 0.4) is 0 Å². The fourth-order valence-corrected chi connectivity index (χ4v) is 1.41. The Morgan fingerprint density at radius 1 is 1.35 bits per heavy atom. The van der Waals surface area contributed by atoms with Crippen molar-refractivity contribution in [2.75, 3.05) is 25.1 Å². The van der Waals surface area contributed by atoms with Gasteiger partial charge in [0.2, 0.25) is 0 Å². The van der Waals surface area contributed by atoms with Crippen LogP contribution in [0.15, 0.2) is 12.4 Å². The quantitative estimate of drug-likeness (QED) is 0.361. The monoisotopic (exact) mass is 237 g/mol. The second-order valence-corrected chi connectivity index (χ2v) is 3.88. The van der Waals surface area contributed by atoms with Gasteiger partial charge in [0.25, 0.3) is 0 Å². The molecular formula is C11H19N5O. The largest absolute Gasteiger partial charge is 0.396 e. The van der Waals surface area contributed by atoms with Crippen molar-refractivity contribution in [1.29, 1.82) is 5.41 Å². The number of aromatic nitrogens is 2. The Bertz CT molecular complexity index is 351. The lowest BCUT2D eigenvalue weighted by atomic mass is 10.2. The van der Waals surface area contributed by atoms with E-state index in [1.54, 1.807) is 6.20 Å². The minimum atomic E-state index is -0.0744. The van der Waals surface area contributed by atoms with Gasteiger partial charge in [-0.3, -0.25) is 5.41 Å². The zero-order valence-electron chi connectivity index (χ0n) is 10.1. The third-order valence-corrected chi connectivity index (χ3v) is 2.46. The van der Waals surface area contributed by atoms with E-state index >= 15 is 0 Å². The van der Waals surface area contributed by atoms with Crippen molar-refractivity contribution in [2.45, 2.75) is 19.3 Å². The van der Waals surface area contributed by atoms with E-state index < -0.39 is 0 Å². The third kappa shape index (κ3) is 4.36. The summed E-state index contributed by atoms with van der Waals surface area (Å²) < 4.78 is 0. The number of hydrogen-bond acceptors (Lipinski definition) is 5. The molecule has 1 aromatic heterocycles. The van der Waals surface area contributed by atoms with Crippen LogP contribution in [0.5, 0.6) is 0 Å². The fourth-order valence-electron chi connectivity index (χ4n) is 1.41. The summed E-state index contributed by atoms with van der Waals surface area (Å²) in [5.74, 6) is 0.689. The number of rotatable bonds is 7. The Kier molecular flexibility index (Phi) is 5.35. The Morgan fingerprint density at radius 2 is 2.12 bits per heavy atom. The van der Waals surface area contributed by atoms with E-state index in [1.807, 2.05) is 11.9 Å². The first-order valence-corrected chi connectivity index (χ1v) is 5.63. The van der Waals surface area contributed by atoms with Gasteiger partial charge in [-0.05, 0) is 19.3 Å². The smallest absolute Gasteiger partial charge is 0.146 e. The van der Waals surface area contributed by atoms with Gasteiger partial charge in [0.05, 0.1) is 12.4 Å². The molecule has 0 saturated carbocycles. The second-order valence-electron chi connectivity index (χ2n) is 3.88. The molecule has 0 saturated heterocycles. The van der Waals surface area contributed by atoms with Crippen molar-refractivity contribution < 1.29 is 5.11 Å². The molecule has 0 unspecified atom stereocenters. The normalized spacial score (nSPS) is 10.2. The molecule has 1 aromatic rings. The van der Waals surface area contributed by atoms with Crippen LogP contribution >= 0.6 is 0 Å². The zero-order valence-corrected chi connectivity index (χ0v) is 10.1. The molecular weight excluding hydrogens is 218 g/mol. The summed E-state index contributed by atoms with van der Waals surface area (Å²) in [5.41, 5.74) is 5.69. The standard InChI is InChI=1S/C11H19N5O/c1-16(5-3-2-4-6-17)10-8-14-9(7-15-10)11(12)13/h7-8,17H,2-6H2,1H3,(H3,12,13). The first-order chi connectivity index (χ1) is 8.15. The number of nitrogens with one attached hydrogen (secondary N) is 1. The topological polar surface area (TPSA) is 99.1 Å². The van der Waals surface area contributed by atoms with Gasteiger partial charge in [0.15, 0.2) is 0 Å². The number of nitrogens with two attached hydrogens (primary N) is 1. The highest BCUT2D eigenvalue weighted by atomic mass is 16.2. The summed E-state index contributed by atoms with van der Waals surface area (Å²) in [7, 11) is 1.94. The number of amidine groups is 1. The Balaban J connectivity index is 2.46. The average molecular weight is 237 g/mol. The van der Waals surface area contributed by atoms with Crippen molar-refractivity contribution >= 4 is 11.7 Å². The van der Waals surface area contributed by atoms with Crippen LogP contribution in [-0.2, 0) is 0 Å². The van der Waals surface area contributed by atoms with Crippen molar-refractivity contribution in [1.82, 2.24) is 9.97 Å². The predicted molar refractivity (Wildman–Crippen MR) is 67.3 cm³/mol. The van der Waals surface area contributed by atoms with E-state index in [4.69, 9.17) is 16.2 Å². The summed E-state index contributed by atoms with van der Waals surface area (Å²) in [6.07, 6.45) is 5.96. The van der Waals surface area contributed by atoms with Crippen LogP contribution in [0, 0.1) is 5.41 Å². The summed E-state index contributed by atoms with van der Waals surface area (Å²) in [6.45, 7) is 1.12. The van der Waals surface area contributed by atoms with Gasteiger partial charge < -0.3 is 15.7 Å². The van der Waals surface area contributed by atoms with Crippen LogP contribution < -0.4 is 10.6 Å². The van der Waals surface area contributed by atoms with Crippen LogP contribution in [0.2, 0.25) is 0 Å². The van der Waals surface area contributed by atoms with Crippen LogP contribution in [0.4, 0.5) is 5.82 Å². The van der Waals surface area contributed by atoms with Crippen molar-refractivity contribution in [3.63, 3.8) is 0 Å². The average Bonchev–Trinajstić information content (AvgIpc) is 2.34. The lowest BCUT2D eigenvalue weighted by molar-refractivity contribution is 0.283. The molecule has 0 aromatic carbocycles. The maximum absolute atomic E-state index is 8.66. The first-order valence-electron chi connectivity index (χ1n) is 5.63. The molecule has 0 atom stereocenters. The Morgan fingerprint density at radius 3 is 2.65 bits per heavy atom. The van der Waals surface area contributed by atoms with Crippen molar-refractivity contribution in [3.05, 3.63) is 18.1 Å². The van der Waals surface area contributed by atoms with E-state index in [0.717, 1.165) is 31.6 Å². The van der Waals surface area contributed by atoms with E-state index in [2.05, 4.69) is 9.97 Å². The zero-order chi connectivity index (χ0) is 12.7. The molecule has 1 rings (SSSR count). The number of nitrogen functional groups attached to an aromatic ring is 1. The molecule has 17 heavy (non-hydrogen) atoms. The maximum Gasteiger partial charge on any atom is 0.146 e. The van der Waals surface area contributed by atoms with Gasteiger partial charge in [-0.25, -0.2) is 9.97 Å². The number of aliphatic hydroxyl groups is 1. The lowest BCUT2D eigenvalue weighted by Gasteiger charge is -2.17. The van der Waals surface area contributed by atoms with Gasteiger partial charge in [0.1, 0.15) is 17.3 Å². The van der Waals surface area contributed by atoms with Crippen molar-refractivity contribution in [2.24, 2.45) is 5.73 Å². The SMILES string of the molecule is CN(CCCCCO)c1cnc(C(=N)N)cn1. The molecule has 94 valence electrons. The van der Waals surface area contributed by atoms with Gasteiger partial charge in [-0.2, -0.15) is 0 Å². The second kappa shape index (κ2) is 6.80. The van der Waals surface area contributed by atoms with Crippen molar-refractivity contribution in [3.8, 4) is 0 Å². The summed E-state index contributed by atoms with van der Waals surface area (Å²) in [5, 5.41) is 15.9. The molecule has 0 amide bonds. The molecule has 0 aliphatic heterocycles. The molecule has 1 heterocycles. The van der Waals surface area contributed by atoms with E-state index in [1.165, 1.54) is 6.20 Å². The maximum atomic E-state index is 8.66. The van der Waals surface area contributed by atoms with E-state index in [9.17, 15) is 0 Å². The highest BCUT2D eigenvalue weighted by molar-refractivity contribution is 5.92. The molecule has 0 aliphatic carbocycles. The number of unbranched alkanes of at least 4 members (excludes halogenated alkanes) is 2. The van der Waals surface area contributed by atoms with Gasteiger partial charge in [-0.15, -0.1) is 0 Å². The lowest BCUT2D eigenvalue weighted by Crippen LogP contribution is -2.21. The van der Waals surface area contributed by atoms with Gasteiger partial charge >= 0.3 is 0 Å². The third-order valence-electron chi connectivity index (χ3n) is 2.46. The molecule has 4 N–H and O–H groups in total. The number of anilines is 1. The molecule has 6 heteroatoms. The van der Waals surface area contributed by atoms with Gasteiger partial charge in [0, 0.05) is 20.2 Å². The summed E-state index contributed by atoms with van der Waals surface area (Å²) in [6, 6.07) is 0. The van der Waals surface area contributed by atoms with E-state index in [0.29, 0.717) is 5.69 Å². The summed E-state index contributed by atoms with van der Waals surface area (Å²) >= 11 is 0. The van der Waals surface area contributed by atoms with Gasteiger partial charge in [-0.1, -0.05) is 0 Å². The molecule has 0 spiro atoms. The number of nitrogens with zero attached hydrogens (tertiary/aromatic N) is 3. The van der Waals surface area contributed by atoms with E-state index in [-0.39, 0.29) is 12.4 Å². The fraction of sp³-hybridized carbons (Fsp3) is 0.545. The molecule has 0 aliphatic rings. The molecule has 0 radical (unpaired) electrons. The minimum Gasteiger partial charge on any atom is -0.396 e. The number of hydrogen-bond donors (Lipinski definition) is 3. The minimum absolute atomic E-state index is 0.0744. The Labute approximate surface area is 101 Å². The highest BCUT2D eigenvalue weighted by Gasteiger charge is 2.04. The van der Waals surface area contributed by atoms with Crippen LogP contribution in [-0.4, -0.2) is 41.1 Å². The molecule has 0 fully saturated rings. The highest BCUT2D eigenvalue weighted by Crippen LogP contribution is 2.08. The molecule has 0 bridgehead atoms.